The van der Waals surface area contributed by atoms with Crippen molar-refractivity contribution < 1.29 is 9.50 Å². The molecule has 0 aliphatic carbocycles. The maximum Gasteiger partial charge on any atom is 0.123 e. The molecule has 0 amide bonds. The highest BCUT2D eigenvalue weighted by Crippen LogP contribution is 2.25. The Kier molecular flexibility index (Phi) is 4.01. The van der Waals surface area contributed by atoms with E-state index in [4.69, 9.17) is 0 Å². The molecule has 1 atom stereocenters. The molecule has 1 nitrogen and oxygen atoms in total. The fourth-order valence-electron chi connectivity index (χ4n) is 2.49. The van der Waals surface area contributed by atoms with Gasteiger partial charge in [0.05, 0.1) is 6.10 Å². The maximum absolute atomic E-state index is 13.1. The number of hydrogen-bond donors (Lipinski definition) is 1. The molecule has 0 radical (unpaired) electrons. The Morgan fingerprint density at radius 1 is 1.00 bits per heavy atom. The maximum atomic E-state index is 13.1. The van der Waals surface area contributed by atoms with E-state index in [1.54, 1.807) is 6.07 Å². The lowest BCUT2D eigenvalue weighted by atomic mass is 9.93. The molecule has 0 bridgehead atoms. The minimum atomic E-state index is -0.597. The smallest absolute Gasteiger partial charge is 0.123 e. The number of rotatable bonds is 3. The van der Waals surface area contributed by atoms with E-state index >= 15 is 0 Å². The van der Waals surface area contributed by atoms with Crippen LogP contribution < -0.4 is 0 Å². The summed E-state index contributed by atoms with van der Waals surface area (Å²) in [5, 5.41) is 10.4. The van der Waals surface area contributed by atoms with E-state index in [1.165, 1.54) is 28.8 Å². The van der Waals surface area contributed by atoms with Crippen LogP contribution in [-0.2, 0) is 6.42 Å². The van der Waals surface area contributed by atoms with Gasteiger partial charge in [-0.3, -0.25) is 0 Å². The zero-order valence-corrected chi connectivity index (χ0v) is 11.6. The Morgan fingerprint density at radius 3 is 2.21 bits per heavy atom. The van der Waals surface area contributed by atoms with Crippen molar-refractivity contribution in [2.24, 2.45) is 0 Å². The summed E-state index contributed by atoms with van der Waals surface area (Å²) in [7, 11) is 0. The van der Waals surface area contributed by atoms with E-state index in [0.29, 0.717) is 6.42 Å². The van der Waals surface area contributed by atoms with Crippen LogP contribution in [0.3, 0.4) is 0 Å². The molecule has 0 aliphatic rings. The lowest BCUT2D eigenvalue weighted by molar-refractivity contribution is 0.177. The van der Waals surface area contributed by atoms with Crippen LogP contribution in [0.25, 0.3) is 0 Å². The van der Waals surface area contributed by atoms with Gasteiger partial charge >= 0.3 is 0 Å². The van der Waals surface area contributed by atoms with E-state index < -0.39 is 6.10 Å². The summed E-state index contributed by atoms with van der Waals surface area (Å²) in [5.74, 6) is -0.263. The second-order valence-electron chi connectivity index (χ2n) is 5.09. The number of halogens is 1. The Balaban J connectivity index is 2.28. The van der Waals surface area contributed by atoms with E-state index in [9.17, 15) is 9.50 Å². The molecule has 0 aromatic heterocycles. The van der Waals surface area contributed by atoms with Crippen molar-refractivity contribution in [3.8, 4) is 0 Å². The van der Waals surface area contributed by atoms with Crippen LogP contribution in [0.1, 0.15) is 33.9 Å². The zero-order valence-electron chi connectivity index (χ0n) is 11.6. The topological polar surface area (TPSA) is 20.2 Å². The third-order valence-electron chi connectivity index (χ3n) is 3.63. The first-order chi connectivity index (χ1) is 8.99. The van der Waals surface area contributed by atoms with Crippen molar-refractivity contribution in [3.05, 3.63) is 70.0 Å². The van der Waals surface area contributed by atoms with E-state index in [2.05, 4.69) is 0 Å². The molecule has 0 fully saturated rings. The van der Waals surface area contributed by atoms with E-state index in [-0.39, 0.29) is 5.82 Å². The van der Waals surface area contributed by atoms with E-state index in [1.807, 2.05) is 39.0 Å². The van der Waals surface area contributed by atoms with Gasteiger partial charge in [0, 0.05) is 6.42 Å². The summed E-state index contributed by atoms with van der Waals surface area (Å²) in [4.78, 5) is 0. The molecule has 2 heteroatoms. The number of benzene rings is 2. The average Bonchev–Trinajstić information content (AvgIpc) is 2.33. The van der Waals surface area contributed by atoms with Crippen LogP contribution in [0.4, 0.5) is 4.39 Å². The summed E-state index contributed by atoms with van der Waals surface area (Å²) in [6.07, 6.45) is -0.0364. The molecule has 0 saturated carbocycles. The molecule has 2 aromatic carbocycles. The van der Waals surface area contributed by atoms with Crippen molar-refractivity contribution in [2.45, 2.75) is 33.3 Å². The summed E-state index contributed by atoms with van der Waals surface area (Å²) in [6, 6.07) is 10.6. The Morgan fingerprint density at radius 2 is 1.63 bits per heavy atom. The second kappa shape index (κ2) is 5.54. The molecule has 2 rings (SSSR count). The molecular weight excluding hydrogens is 239 g/mol. The lowest BCUT2D eigenvalue weighted by Gasteiger charge is -2.17. The molecular formula is C17H19FO. The Hall–Kier alpha value is -1.67. The highest BCUT2D eigenvalue weighted by atomic mass is 19.1. The fourth-order valence-corrected chi connectivity index (χ4v) is 2.49. The van der Waals surface area contributed by atoms with Crippen molar-refractivity contribution in [1.29, 1.82) is 0 Å². The average molecular weight is 258 g/mol. The number of aliphatic hydroxyl groups excluding tert-OH is 1. The third-order valence-corrected chi connectivity index (χ3v) is 3.63. The monoisotopic (exact) mass is 258 g/mol. The van der Waals surface area contributed by atoms with Gasteiger partial charge in [-0.25, -0.2) is 4.39 Å². The quantitative estimate of drug-likeness (QED) is 0.881. The molecule has 0 heterocycles. The first-order valence-electron chi connectivity index (χ1n) is 6.48. The highest BCUT2D eigenvalue weighted by Gasteiger charge is 2.14. The SMILES string of the molecule is Cc1cc(F)ccc1C(O)Cc1c(C)cccc1C. The van der Waals surface area contributed by atoms with Gasteiger partial charge in [-0.2, -0.15) is 0 Å². The van der Waals surface area contributed by atoms with Crippen LogP contribution in [0, 0.1) is 26.6 Å². The van der Waals surface area contributed by atoms with Gasteiger partial charge in [-0.1, -0.05) is 24.3 Å². The molecule has 100 valence electrons. The third kappa shape index (κ3) is 3.02. The first-order valence-corrected chi connectivity index (χ1v) is 6.48. The first kappa shape index (κ1) is 13.8. The number of aryl methyl sites for hydroxylation is 3. The van der Waals surface area contributed by atoms with Crippen LogP contribution in [0.5, 0.6) is 0 Å². The van der Waals surface area contributed by atoms with Gasteiger partial charge in [0.25, 0.3) is 0 Å². The molecule has 0 aliphatic heterocycles. The van der Waals surface area contributed by atoms with Gasteiger partial charge in [0.1, 0.15) is 5.82 Å². The van der Waals surface area contributed by atoms with Crippen molar-refractivity contribution >= 4 is 0 Å². The summed E-state index contributed by atoms with van der Waals surface area (Å²) in [6.45, 7) is 5.92. The highest BCUT2D eigenvalue weighted by molar-refractivity contribution is 5.36. The predicted molar refractivity (Wildman–Crippen MR) is 75.7 cm³/mol. The van der Waals surface area contributed by atoms with Gasteiger partial charge in [0.2, 0.25) is 0 Å². The fraction of sp³-hybridized carbons (Fsp3) is 0.294. The van der Waals surface area contributed by atoms with Crippen LogP contribution >= 0.6 is 0 Å². The van der Waals surface area contributed by atoms with Crippen LogP contribution in [0.15, 0.2) is 36.4 Å². The second-order valence-corrected chi connectivity index (χ2v) is 5.09. The van der Waals surface area contributed by atoms with Crippen molar-refractivity contribution in [2.75, 3.05) is 0 Å². The normalized spacial score (nSPS) is 12.5. The van der Waals surface area contributed by atoms with Gasteiger partial charge in [-0.15, -0.1) is 0 Å². The van der Waals surface area contributed by atoms with Gasteiger partial charge in [0.15, 0.2) is 0 Å². The summed E-state index contributed by atoms with van der Waals surface area (Å²) >= 11 is 0. The van der Waals surface area contributed by atoms with Crippen molar-refractivity contribution in [3.63, 3.8) is 0 Å². The van der Waals surface area contributed by atoms with Crippen molar-refractivity contribution in [1.82, 2.24) is 0 Å². The molecule has 0 saturated heterocycles. The van der Waals surface area contributed by atoms with Crippen LogP contribution in [-0.4, -0.2) is 5.11 Å². The number of hydrogen-bond acceptors (Lipinski definition) is 1. The molecule has 19 heavy (non-hydrogen) atoms. The number of aliphatic hydroxyl groups is 1. The summed E-state index contributed by atoms with van der Waals surface area (Å²) in [5.41, 5.74) is 5.11. The predicted octanol–water partition coefficient (Wildman–Crippen LogP) is 4.03. The Labute approximate surface area is 113 Å². The minimum Gasteiger partial charge on any atom is -0.388 e. The Bertz CT molecular complexity index is 570. The molecule has 1 unspecified atom stereocenters. The largest absolute Gasteiger partial charge is 0.388 e. The molecule has 0 spiro atoms. The van der Waals surface area contributed by atoms with Gasteiger partial charge in [-0.05, 0) is 60.7 Å². The van der Waals surface area contributed by atoms with Crippen LogP contribution in [0.2, 0.25) is 0 Å². The zero-order chi connectivity index (χ0) is 14.0. The standard InChI is InChI=1S/C17H19FO/c1-11-5-4-6-12(2)16(11)10-17(19)15-8-7-14(18)9-13(15)3/h4-9,17,19H,10H2,1-3H3. The lowest BCUT2D eigenvalue weighted by Crippen LogP contribution is -2.06. The molecule has 1 N–H and O–H groups in total. The summed E-state index contributed by atoms with van der Waals surface area (Å²) < 4.78 is 13.1. The minimum absolute atomic E-state index is 0.263. The van der Waals surface area contributed by atoms with E-state index in [0.717, 1.165) is 11.1 Å². The van der Waals surface area contributed by atoms with Gasteiger partial charge < -0.3 is 5.11 Å². The molecule has 2 aromatic rings.